The lowest BCUT2D eigenvalue weighted by Gasteiger charge is -2.16. The topological polar surface area (TPSA) is 87.7 Å². The summed E-state index contributed by atoms with van der Waals surface area (Å²) in [6.07, 6.45) is 3.97. The minimum atomic E-state index is -3.67. The van der Waals surface area contributed by atoms with Crippen LogP contribution in [0.1, 0.15) is 12.0 Å². The maximum atomic E-state index is 12.5. The van der Waals surface area contributed by atoms with E-state index in [9.17, 15) is 13.2 Å². The Bertz CT molecular complexity index is 990. The van der Waals surface area contributed by atoms with Gasteiger partial charge in [-0.2, -0.15) is 0 Å². The van der Waals surface area contributed by atoms with Crippen LogP contribution >= 0.6 is 0 Å². The van der Waals surface area contributed by atoms with Gasteiger partial charge < -0.3 is 15.0 Å². The molecule has 0 bridgehead atoms. The van der Waals surface area contributed by atoms with E-state index in [1.54, 1.807) is 23.1 Å². The first-order valence-electron chi connectivity index (χ1n) is 9.33. The number of benzene rings is 2. The van der Waals surface area contributed by atoms with E-state index < -0.39 is 10.0 Å². The Morgan fingerprint density at radius 3 is 2.66 bits per heavy atom. The van der Waals surface area contributed by atoms with Gasteiger partial charge in [-0.15, -0.1) is 0 Å². The molecule has 154 valence electrons. The molecule has 2 N–H and O–H groups in total. The molecular weight excluding hydrogens is 390 g/mol. The van der Waals surface area contributed by atoms with E-state index in [1.807, 2.05) is 30.3 Å². The number of hydrogen-bond acceptors (Lipinski definition) is 5. The molecule has 3 rings (SSSR count). The van der Waals surface area contributed by atoms with Gasteiger partial charge in [0.05, 0.1) is 7.11 Å². The van der Waals surface area contributed by atoms with Gasteiger partial charge in [-0.25, -0.2) is 13.1 Å². The molecule has 1 amide bonds. The summed E-state index contributed by atoms with van der Waals surface area (Å²) in [6, 6.07) is 14.9. The van der Waals surface area contributed by atoms with Gasteiger partial charge in [-0.1, -0.05) is 24.3 Å². The summed E-state index contributed by atoms with van der Waals surface area (Å²) < 4.78 is 31.7. The molecule has 1 saturated heterocycles. The molecule has 1 unspecified atom stereocenters. The van der Waals surface area contributed by atoms with E-state index in [-0.39, 0.29) is 22.6 Å². The zero-order valence-corrected chi connectivity index (χ0v) is 17.3. The van der Waals surface area contributed by atoms with Crippen molar-refractivity contribution in [3.63, 3.8) is 0 Å². The van der Waals surface area contributed by atoms with E-state index in [1.165, 1.54) is 26.3 Å². The van der Waals surface area contributed by atoms with Crippen molar-refractivity contribution in [3.8, 4) is 5.75 Å². The minimum absolute atomic E-state index is 0.0328. The van der Waals surface area contributed by atoms with Crippen molar-refractivity contribution in [1.82, 2.24) is 9.62 Å². The third kappa shape index (κ3) is 5.16. The number of para-hydroxylation sites is 1. The summed E-state index contributed by atoms with van der Waals surface area (Å²) in [6.45, 7) is 1.30. The average Bonchev–Trinajstić information content (AvgIpc) is 3.21. The summed E-state index contributed by atoms with van der Waals surface area (Å²) in [5.41, 5.74) is 1.64. The lowest BCUT2D eigenvalue weighted by atomic mass is 10.2. The zero-order valence-electron chi connectivity index (χ0n) is 16.5. The Hall–Kier alpha value is -2.84. The number of nitrogens with one attached hydrogen (secondary N) is 2. The Morgan fingerprint density at radius 2 is 1.97 bits per heavy atom. The molecule has 1 fully saturated rings. The van der Waals surface area contributed by atoms with Crippen molar-refractivity contribution in [2.45, 2.75) is 17.4 Å². The molecule has 0 aromatic heterocycles. The number of anilines is 1. The highest BCUT2D eigenvalue weighted by atomic mass is 32.2. The third-order valence-corrected chi connectivity index (χ3v) is 6.24. The Morgan fingerprint density at radius 1 is 1.21 bits per heavy atom. The lowest BCUT2D eigenvalue weighted by Crippen LogP contribution is -2.30. The molecule has 0 saturated carbocycles. The zero-order chi connectivity index (χ0) is 20.9. The molecule has 2 aromatic rings. The average molecular weight is 416 g/mol. The quantitative estimate of drug-likeness (QED) is 0.678. The molecule has 0 spiro atoms. The molecule has 1 aliphatic rings. The number of ether oxygens (including phenoxy) is 1. The van der Waals surface area contributed by atoms with Crippen molar-refractivity contribution in [2.75, 3.05) is 32.6 Å². The third-order valence-electron chi connectivity index (χ3n) is 4.81. The number of nitrogens with zero attached hydrogens (tertiary/aromatic N) is 1. The number of sulfonamides is 1. The van der Waals surface area contributed by atoms with Crippen LogP contribution in [0.2, 0.25) is 0 Å². The number of carbonyl (C=O) groups excluding carboxylic acids is 1. The molecule has 0 aliphatic carbocycles. The monoisotopic (exact) mass is 415 g/mol. The fraction of sp³-hybridized carbons (Fsp3) is 0.286. The summed E-state index contributed by atoms with van der Waals surface area (Å²) in [7, 11) is -0.913. The second kappa shape index (κ2) is 9.11. The van der Waals surface area contributed by atoms with Crippen LogP contribution in [0, 0.1) is 0 Å². The van der Waals surface area contributed by atoms with E-state index in [0.29, 0.717) is 18.7 Å². The lowest BCUT2D eigenvalue weighted by molar-refractivity contribution is -0.124. The first-order chi connectivity index (χ1) is 13.9. The van der Waals surface area contributed by atoms with E-state index in [0.717, 1.165) is 12.1 Å². The van der Waals surface area contributed by atoms with Gasteiger partial charge in [0.25, 0.3) is 0 Å². The van der Waals surface area contributed by atoms with Crippen molar-refractivity contribution in [2.24, 2.45) is 0 Å². The van der Waals surface area contributed by atoms with Gasteiger partial charge in [-0.05, 0) is 49.4 Å². The first-order valence-corrected chi connectivity index (χ1v) is 10.8. The molecule has 29 heavy (non-hydrogen) atoms. The number of hydrogen-bond donors (Lipinski definition) is 2. The molecule has 0 radical (unpaired) electrons. The predicted octanol–water partition coefficient (Wildman–Crippen LogP) is 2.33. The maximum Gasteiger partial charge on any atom is 0.246 e. The van der Waals surface area contributed by atoms with Gasteiger partial charge in [0.1, 0.15) is 10.6 Å². The van der Waals surface area contributed by atoms with E-state index in [2.05, 4.69) is 10.0 Å². The van der Waals surface area contributed by atoms with Crippen LogP contribution in [0.4, 0.5) is 5.69 Å². The van der Waals surface area contributed by atoms with Crippen molar-refractivity contribution < 1.29 is 17.9 Å². The Labute approximate surface area is 171 Å². The molecule has 8 heteroatoms. The molecule has 1 atom stereocenters. The van der Waals surface area contributed by atoms with Gasteiger partial charge in [0.15, 0.2) is 0 Å². The second-order valence-electron chi connectivity index (χ2n) is 6.73. The van der Waals surface area contributed by atoms with Crippen molar-refractivity contribution in [1.29, 1.82) is 0 Å². The highest BCUT2D eigenvalue weighted by molar-refractivity contribution is 7.89. The largest absolute Gasteiger partial charge is 0.495 e. The number of amides is 1. The van der Waals surface area contributed by atoms with E-state index in [4.69, 9.17) is 4.74 Å². The van der Waals surface area contributed by atoms with Crippen LogP contribution in [-0.2, 0) is 14.8 Å². The van der Waals surface area contributed by atoms with Crippen molar-refractivity contribution >= 4 is 27.7 Å². The van der Waals surface area contributed by atoms with Crippen LogP contribution in [0.5, 0.6) is 5.75 Å². The fourth-order valence-electron chi connectivity index (χ4n) is 3.24. The normalized spacial score (nSPS) is 16.9. The molecule has 1 heterocycles. The molecule has 1 aliphatic heterocycles. The number of methoxy groups -OCH3 is 1. The van der Waals surface area contributed by atoms with Gasteiger partial charge in [0, 0.05) is 30.9 Å². The van der Waals surface area contributed by atoms with Crippen LogP contribution < -0.4 is 14.8 Å². The highest BCUT2D eigenvalue weighted by Gasteiger charge is 2.25. The number of carbonyl (C=O) groups is 1. The molecule has 7 nitrogen and oxygen atoms in total. The number of rotatable bonds is 7. The predicted molar refractivity (Wildman–Crippen MR) is 113 cm³/mol. The Balaban J connectivity index is 1.66. The second-order valence-corrected chi connectivity index (χ2v) is 8.59. The Kier molecular flexibility index (Phi) is 6.56. The van der Waals surface area contributed by atoms with E-state index >= 15 is 0 Å². The summed E-state index contributed by atoms with van der Waals surface area (Å²) in [4.78, 5) is 14.4. The maximum absolute atomic E-state index is 12.5. The molecular formula is C21H25N3O4S. The fourth-order valence-corrected chi connectivity index (χ4v) is 4.17. The van der Waals surface area contributed by atoms with Crippen LogP contribution in [0.25, 0.3) is 6.08 Å². The van der Waals surface area contributed by atoms with Gasteiger partial charge in [-0.3, -0.25) is 4.79 Å². The number of likely N-dealkylation sites (tertiary alicyclic amines) is 1. The van der Waals surface area contributed by atoms with Crippen LogP contribution in [0.15, 0.2) is 59.5 Å². The van der Waals surface area contributed by atoms with Crippen LogP contribution in [0.3, 0.4) is 0 Å². The summed E-state index contributed by atoms with van der Waals surface area (Å²) in [5, 5.41) is 3.44. The SMILES string of the molecule is CNS(=O)(=O)c1cc(/C=C/C(=O)N2CCC(Nc3ccccc3)C2)ccc1OC. The van der Waals surface area contributed by atoms with Crippen LogP contribution in [-0.4, -0.2) is 52.5 Å². The molecule has 2 aromatic carbocycles. The standard InChI is InChI=1S/C21H25N3O4S/c1-22-29(26,27)20-14-16(8-10-19(20)28-2)9-11-21(25)24-13-12-18(15-24)23-17-6-4-3-5-7-17/h3-11,14,18,22-23H,12-13,15H2,1-2H3/b11-9+. The smallest absolute Gasteiger partial charge is 0.246 e. The van der Waals surface area contributed by atoms with Crippen molar-refractivity contribution in [3.05, 3.63) is 60.2 Å². The van der Waals surface area contributed by atoms with Gasteiger partial charge >= 0.3 is 0 Å². The summed E-state index contributed by atoms with van der Waals surface area (Å²) in [5.74, 6) is 0.147. The highest BCUT2D eigenvalue weighted by Crippen LogP contribution is 2.25. The first kappa shape index (κ1) is 20.9. The van der Waals surface area contributed by atoms with Gasteiger partial charge in [0.2, 0.25) is 15.9 Å². The minimum Gasteiger partial charge on any atom is -0.495 e. The summed E-state index contributed by atoms with van der Waals surface area (Å²) >= 11 is 0.